The summed E-state index contributed by atoms with van der Waals surface area (Å²) in [6, 6.07) is 11.4. The van der Waals surface area contributed by atoms with Crippen LogP contribution in [-0.2, 0) is 9.53 Å². The van der Waals surface area contributed by atoms with Crippen LogP contribution in [0.3, 0.4) is 0 Å². The molecule has 0 aliphatic carbocycles. The van der Waals surface area contributed by atoms with Crippen molar-refractivity contribution in [1.29, 1.82) is 0 Å². The number of aliphatic imine (C=N–C) groups is 1. The number of aromatic nitrogens is 4. The molecule has 14 heteroatoms. The number of guanidine groups is 1. The molecule has 3 aromatic heterocycles. The number of nitrogens with one attached hydrogen (secondary N) is 3. The predicted octanol–water partition coefficient (Wildman–Crippen LogP) is 5.01. The topological polar surface area (TPSA) is 149 Å². The number of hydrogen-bond acceptors (Lipinski definition) is 10. The maximum atomic E-state index is 13.7. The first-order valence-electron chi connectivity index (χ1n) is 12.8. The fraction of sp³-hybridized carbons (Fsp3) is 0.103. The predicted molar refractivity (Wildman–Crippen MR) is 156 cm³/mol. The molecular formula is C29H22ClFN8O4. The van der Waals surface area contributed by atoms with E-state index in [1.54, 1.807) is 42.3 Å². The van der Waals surface area contributed by atoms with Gasteiger partial charge in [-0.05, 0) is 43.3 Å². The number of rotatable bonds is 6. The van der Waals surface area contributed by atoms with Crippen LogP contribution in [0.25, 0.3) is 16.8 Å². The normalized spacial score (nSPS) is 14.7. The first kappa shape index (κ1) is 27.6. The number of methoxy groups -OCH3 is 1. The van der Waals surface area contributed by atoms with Crippen LogP contribution >= 0.6 is 11.6 Å². The molecule has 0 spiro atoms. The maximum absolute atomic E-state index is 13.7. The van der Waals surface area contributed by atoms with Crippen molar-refractivity contribution in [3.63, 3.8) is 0 Å². The number of allylic oxidation sites excluding steroid dienone is 1. The van der Waals surface area contributed by atoms with Crippen molar-refractivity contribution in [2.45, 2.75) is 13.0 Å². The molecule has 0 radical (unpaired) electrons. The highest BCUT2D eigenvalue weighted by atomic mass is 35.5. The number of carbonyl (C=O) groups is 2. The zero-order valence-corrected chi connectivity index (χ0v) is 23.4. The van der Waals surface area contributed by atoms with Gasteiger partial charge in [-0.1, -0.05) is 17.7 Å². The third-order valence-corrected chi connectivity index (χ3v) is 6.89. The smallest absolute Gasteiger partial charge is 0.338 e. The standard InChI is InChI=1S/C29H22ClFN8O4/c1-15-24(26(40)36-23-11-16(7-8-33-23)27(41)42-2)25(19-5-4-18(13-20(19)30)39-10-9-32-14-39)37-28(34-15)38-29-35-21-6-3-17(31)12-22(21)43-29/h3-14,25H,1-2H3,(H,33,36,40)(H2,34,35,37,38). The molecule has 216 valence electrons. The molecule has 43 heavy (non-hydrogen) atoms. The van der Waals surface area contributed by atoms with Crippen molar-refractivity contribution in [1.82, 2.24) is 24.8 Å². The summed E-state index contributed by atoms with van der Waals surface area (Å²) in [6.07, 6.45) is 6.45. The summed E-state index contributed by atoms with van der Waals surface area (Å²) in [7, 11) is 1.26. The molecule has 1 atom stereocenters. The molecule has 5 aromatic rings. The minimum Gasteiger partial charge on any atom is -0.465 e. The van der Waals surface area contributed by atoms with Gasteiger partial charge in [0.05, 0.1) is 24.6 Å². The second-order valence-electron chi connectivity index (χ2n) is 9.35. The van der Waals surface area contributed by atoms with Crippen LogP contribution in [0.4, 0.5) is 16.2 Å². The van der Waals surface area contributed by atoms with Gasteiger partial charge in [-0.2, -0.15) is 4.98 Å². The van der Waals surface area contributed by atoms with Gasteiger partial charge in [0, 0.05) is 46.6 Å². The van der Waals surface area contributed by atoms with Gasteiger partial charge in [-0.25, -0.2) is 24.1 Å². The van der Waals surface area contributed by atoms with E-state index in [4.69, 9.17) is 25.7 Å². The Morgan fingerprint density at radius 3 is 2.77 bits per heavy atom. The van der Waals surface area contributed by atoms with Crippen molar-refractivity contribution in [2.24, 2.45) is 4.99 Å². The van der Waals surface area contributed by atoms with E-state index < -0.39 is 23.7 Å². The number of oxazole rings is 1. The number of nitrogens with zero attached hydrogens (tertiary/aromatic N) is 5. The Hall–Kier alpha value is -5.56. The zero-order valence-electron chi connectivity index (χ0n) is 22.6. The molecule has 1 aliphatic rings. The van der Waals surface area contributed by atoms with E-state index in [1.807, 2.05) is 6.07 Å². The van der Waals surface area contributed by atoms with E-state index in [-0.39, 0.29) is 34.5 Å². The first-order valence-corrected chi connectivity index (χ1v) is 13.2. The second-order valence-corrected chi connectivity index (χ2v) is 9.76. The Kier molecular flexibility index (Phi) is 7.30. The molecule has 2 aromatic carbocycles. The molecular weight excluding hydrogens is 579 g/mol. The Bertz CT molecular complexity index is 1940. The first-order chi connectivity index (χ1) is 20.8. The van der Waals surface area contributed by atoms with Crippen LogP contribution < -0.4 is 16.0 Å². The highest BCUT2D eigenvalue weighted by molar-refractivity contribution is 6.31. The molecule has 1 aliphatic heterocycles. The average molecular weight is 601 g/mol. The highest BCUT2D eigenvalue weighted by Gasteiger charge is 2.32. The van der Waals surface area contributed by atoms with Gasteiger partial charge in [0.15, 0.2) is 5.58 Å². The van der Waals surface area contributed by atoms with Crippen LogP contribution in [0.1, 0.15) is 28.9 Å². The maximum Gasteiger partial charge on any atom is 0.338 e. The molecule has 6 rings (SSSR count). The average Bonchev–Trinajstić information content (AvgIpc) is 3.66. The van der Waals surface area contributed by atoms with E-state index >= 15 is 0 Å². The molecule has 4 heterocycles. The lowest BCUT2D eigenvalue weighted by molar-refractivity contribution is -0.113. The fourth-order valence-corrected chi connectivity index (χ4v) is 4.83. The zero-order chi connectivity index (χ0) is 30.1. The lowest BCUT2D eigenvalue weighted by Gasteiger charge is -2.27. The van der Waals surface area contributed by atoms with Crippen molar-refractivity contribution < 1.29 is 23.1 Å². The minimum absolute atomic E-state index is 0.0664. The minimum atomic E-state index is -0.890. The Balaban J connectivity index is 1.36. The molecule has 1 unspecified atom stereocenters. The van der Waals surface area contributed by atoms with Gasteiger partial charge < -0.3 is 24.4 Å². The SMILES string of the molecule is COC(=O)c1ccnc(NC(=O)C2=C(C)NC(Nc3nc4ccc(F)cc4o3)=NC2c2ccc(-n3ccnc3)cc2Cl)c1. The van der Waals surface area contributed by atoms with Crippen LogP contribution in [-0.4, -0.2) is 44.5 Å². The van der Waals surface area contributed by atoms with Crippen LogP contribution in [0.5, 0.6) is 0 Å². The number of halogens is 2. The molecule has 0 fully saturated rings. The van der Waals surface area contributed by atoms with Crippen molar-refractivity contribution >= 4 is 52.4 Å². The highest BCUT2D eigenvalue weighted by Crippen LogP contribution is 2.36. The molecule has 0 saturated carbocycles. The lowest BCUT2D eigenvalue weighted by atomic mass is 9.95. The van der Waals surface area contributed by atoms with Crippen molar-refractivity contribution in [3.05, 3.63) is 107 Å². The quantitative estimate of drug-likeness (QED) is 0.229. The number of anilines is 2. The molecule has 3 N–H and O–H groups in total. The van der Waals surface area contributed by atoms with E-state index in [0.717, 1.165) is 5.69 Å². The number of imidazole rings is 1. The number of pyridine rings is 1. The number of ether oxygens (including phenoxy) is 1. The number of esters is 1. The number of fused-ring (bicyclic) bond motifs is 1. The van der Waals surface area contributed by atoms with Gasteiger partial charge in [-0.3, -0.25) is 10.1 Å². The largest absolute Gasteiger partial charge is 0.465 e. The summed E-state index contributed by atoms with van der Waals surface area (Å²) in [5, 5.41) is 9.11. The van der Waals surface area contributed by atoms with E-state index in [9.17, 15) is 14.0 Å². The summed E-state index contributed by atoms with van der Waals surface area (Å²) in [4.78, 5) is 43.0. The summed E-state index contributed by atoms with van der Waals surface area (Å²) in [6.45, 7) is 1.70. The van der Waals surface area contributed by atoms with E-state index in [2.05, 4.69) is 30.9 Å². The lowest BCUT2D eigenvalue weighted by Crippen LogP contribution is -2.37. The fourth-order valence-electron chi connectivity index (χ4n) is 4.55. The third kappa shape index (κ3) is 5.65. The van der Waals surface area contributed by atoms with Crippen LogP contribution in [0.2, 0.25) is 5.02 Å². The molecule has 12 nitrogen and oxygen atoms in total. The Morgan fingerprint density at radius 2 is 2.00 bits per heavy atom. The molecule has 1 amide bonds. The summed E-state index contributed by atoms with van der Waals surface area (Å²) < 4.78 is 25.9. The monoisotopic (exact) mass is 600 g/mol. The van der Waals surface area contributed by atoms with Gasteiger partial charge in [0.1, 0.15) is 23.2 Å². The van der Waals surface area contributed by atoms with Gasteiger partial charge in [0.2, 0.25) is 5.96 Å². The summed E-state index contributed by atoms with van der Waals surface area (Å²) in [5.41, 5.74) is 2.90. The number of amides is 1. The van der Waals surface area contributed by atoms with Gasteiger partial charge in [0.25, 0.3) is 5.91 Å². The van der Waals surface area contributed by atoms with Crippen LogP contribution in [0, 0.1) is 5.82 Å². The van der Waals surface area contributed by atoms with E-state index in [1.165, 1.54) is 43.6 Å². The van der Waals surface area contributed by atoms with Crippen molar-refractivity contribution in [3.8, 4) is 5.69 Å². The van der Waals surface area contributed by atoms with Crippen LogP contribution in [0.15, 0.2) is 94.1 Å². The summed E-state index contributed by atoms with van der Waals surface area (Å²) in [5.74, 6) is -1.21. The summed E-state index contributed by atoms with van der Waals surface area (Å²) >= 11 is 6.78. The third-order valence-electron chi connectivity index (χ3n) is 6.57. The van der Waals surface area contributed by atoms with Gasteiger partial charge in [-0.15, -0.1) is 0 Å². The number of carbonyl (C=O) groups excluding carboxylic acids is 2. The number of hydrogen-bond donors (Lipinski definition) is 3. The Morgan fingerprint density at radius 1 is 1.14 bits per heavy atom. The molecule has 0 saturated heterocycles. The second kappa shape index (κ2) is 11.4. The Labute approximate surface area is 248 Å². The van der Waals surface area contributed by atoms with Crippen molar-refractivity contribution in [2.75, 3.05) is 17.7 Å². The molecule has 0 bridgehead atoms. The van der Waals surface area contributed by atoms with Gasteiger partial charge >= 0.3 is 12.0 Å². The number of benzene rings is 2. The van der Waals surface area contributed by atoms with E-state index in [0.29, 0.717) is 21.8 Å².